The summed E-state index contributed by atoms with van der Waals surface area (Å²) in [5.41, 5.74) is -0.191. The SMILES string of the molecule is COC(=O)C1C=C2CC(=O)CC[C@]2(C)[C@@]23O[C@@H]2C[C@@]2(C)C(CC[C@@]24CCC(=O)O4)C13. The molecule has 8 atom stereocenters. The quantitative estimate of drug-likeness (QED) is 0.372. The summed E-state index contributed by atoms with van der Waals surface area (Å²) in [4.78, 5) is 37.4. The number of ketones is 1. The van der Waals surface area contributed by atoms with Crippen molar-refractivity contribution in [2.75, 3.05) is 7.11 Å². The number of fused-ring (bicyclic) bond motifs is 4. The van der Waals surface area contributed by atoms with E-state index in [1.54, 1.807) is 0 Å². The lowest BCUT2D eigenvalue weighted by Crippen LogP contribution is -2.62. The van der Waals surface area contributed by atoms with Crippen LogP contribution in [0, 0.1) is 28.6 Å². The van der Waals surface area contributed by atoms with Gasteiger partial charge in [0.15, 0.2) is 0 Å². The van der Waals surface area contributed by atoms with Gasteiger partial charge in [0.1, 0.15) is 17.0 Å². The van der Waals surface area contributed by atoms with E-state index in [-0.39, 0.29) is 46.5 Å². The van der Waals surface area contributed by atoms with E-state index in [0.29, 0.717) is 19.3 Å². The predicted molar refractivity (Wildman–Crippen MR) is 105 cm³/mol. The highest BCUT2D eigenvalue weighted by atomic mass is 16.6. The van der Waals surface area contributed by atoms with E-state index in [4.69, 9.17) is 14.2 Å². The van der Waals surface area contributed by atoms with Gasteiger partial charge < -0.3 is 14.2 Å². The van der Waals surface area contributed by atoms with Gasteiger partial charge in [-0.2, -0.15) is 0 Å². The van der Waals surface area contributed by atoms with Gasteiger partial charge in [0, 0.05) is 36.0 Å². The van der Waals surface area contributed by atoms with Gasteiger partial charge in [-0.1, -0.05) is 25.5 Å². The van der Waals surface area contributed by atoms with Crippen molar-refractivity contribution in [3.8, 4) is 0 Å². The molecule has 6 nitrogen and oxygen atoms in total. The predicted octanol–water partition coefficient (Wildman–Crippen LogP) is 3.12. The standard InChI is InChI=1S/C24H30O6/c1-21-7-4-14(25)10-13(21)11-15(20(27)28-3)19-16-5-8-23(9-6-18(26)30-23)22(16,2)12-17-24(19,21)29-17/h11,15-17,19H,4-10,12H2,1-3H3/t15?,16?,17-,19?,21+,22+,23-,24-/m1/s1. The molecule has 0 amide bonds. The number of hydrogen-bond acceptors (Lipinski definition) is 6. The number of carbonyl (C=O) groups excluding carboxylic acids is 3. The van der Waals surface area contributed by atoms with Crippen molar-refractivity contribution in [2.45, 2.75) is 82.5 Å². The molecule has 2 aliphatic heterocycles. The first-order valence-corrected chi connectivity index (χ1v) is 11.4. The molecule has 6 heteroatoms. The van der Waals surface area contributed by atoms with Crippen molar-refractivity contribution in [1.82, 2.24) is 0 Å². The molecule has 0 radical (unpaired) electrons. The van der Waals surface area contributed by atoms with E-state index in [0.717, 1.165) is 37.7 Å². The second-order valence-corrected chi connectivity index (χ2v) is 10.9. The third kappa shape index (κ3) is 1.94. The van der Waals surface area contributed by atoms with Gasteiger partial charge >= 0.3 is 11.9 Å². The fraction of sp³-hybridized carbons (Fsp3) is 0.792. The van der Waals surface area contributed by atoms with Crippen LogP contribution in [0.25, 0.3) is 0 Å². The highest BCUT2D eigenvalue weighted by Crippen LogP contribution is 2.77. The van der Waals surface area contributed by atoms with Gasteiger partial charge in [0.25, 0.3) is 0 Å². The Hall–Kier alpha value is -1.69. The van der Waals surface area contributed by atoms with E-state index < -0.39 is 17.1 Å². The van der Waals surface area contributed by atoms with Crippen LogP contribution < -0.4 is 0 Å². The van der Waals surface area contributed by atoms with Gasteiger partial charge in [0.2, 0.25) is 0 Å². The smallest absolute Gasteiger partial charge is 0.312 e. The van der Waals surface area contributed by atoms with Gasteiger partial charge in [-0.25, -0.2) is 0 Å². The zero-order valence-corrected chi connectivity index (χ0v) is 18.0. The highest BCUT2D eigenvalue weighted by Gasteiger charge is 2.83. The summed E-state index contributed by atoms with van der Waals surface area (Å²) in [5.74, 6) is -0.292. The van der Waals surface area contributed by atoms with Crippen molar-refractivity contribution in [1.29, 1.82) is 0 Å². The number of epoxide rings is 1. The minimum atomic E-state index is -0.430. The van der Waals surface area contributed by atoms with Crippen molar-refractivity contribution in [3.05, 3.63) is 11.6 Å². The van der Waals surface area contributed by atoms with E-state index in [1.807, 2.05) is 0 Å². The summed E-state index contributed by atoms with van der Waals surface area (Å²) in [7, 11) is 1.44. The van der Waals surface area contributed by atoms with Crippen LogP contribution in [-0.2, 0) is 28.6 Å². The Labute approximate surface area is 176 Å². The number of ether oxygens (including phenoxy) is 3. The average molecular weight is 414 g/mol. The second-order valence-electron chi connectivity index (χ2n) is 10.9. The Morgan fingerprint density at radius 2 is 1.97 bits per heavy atom. The van der Waals surface area contributed by atoms with Crippen LogP contribution in [-0.4, -0.2) is 42.1 Å². The fourth-order valence-electron chi connectivity index (χ4n) is 8.59. The van der Waals surface area contributed by atoms with Crippen molar-refractivity contribution in [2.24, 2.45) is 28.6 Å². The molecular weight excluding hydrogens is 384 g/mol. The minimum Gasteiger partial charge on any atom is -0.469 e. The van der Waals surface area contributed by atoms with Crippen LogP contribution in [0.2, 0.25) is 0 Å². The third-order valence-electron chi connectivity index (χ3n) is 10.2. The van der Waals surface area contributed by atoms with Crippen LogP contribution in [0.15, 0.2) is 11.6 Å². The van der Waals surface area contributed by atoms with Crippen molar-refractivity contribution < 1.29 is 28.6 Å². The first kappa shape index (κ1) is 19.0. The summed E-state index contributed by atoms with van der Waals surface area (Å²) in [6, 6.07) is 0. The van der Waals surface area contributed by atoms with E-state index in [2.05, 4.69) is 19.9 Å². The molecule has 0 aromatic carbocycles. The third-order valence-corrected chi connectivity index (χ3v) is 10.2. The number of hydrogen-bond donors (Lipinski definition) is 0. The zero-order valence-electron chi connectivity index (χ0n) is 18.0. The maximum Gasteiger partial charge on any atom is 0.312 e. The number of carbonyl (C=O) groups is 3. The minimum absolute atomic E-state index is 0.00525. The Bertz CT molecular complexity index is 907. The Morgan fingerprint density at radius 3 is 2.67 bits per heavy atom. The molecule has 3 saturated carbocycles. The van der Waals surface area contributed by atoms with Gasteiger partial charge in [0.05, 0.1) is 19.1 Å². The van der Waals surface area contributed by atoms with Crippen LogP contribution in [0.4, 0.5) is 0 Å². The lowest BCUT2D eigenvalue weighted by Gasteiger charge is -2.57. The Morgan fingerprint density at radius 1 is 1.17 bits per heavy atom. The molecule has 3 unspecified atom stereocenters. The molecule has 162 valence electrons. The molecule has 2 saturated heterocycles. The fourth-order valence-corrected chi connectivity index (χ4v) is 8.59. The first-order valence-electron chi connectivity index (χ1n) is 11.4. The Balaban J connectivity index is 1.50. The molecule has 5 fully saturated rings. The van der Waals surface area contributed by atoms with Gasteiger partial charge in [-0.05, 0) is 38.0 Å². The maximum atomic E-state index is 13.0. The maximum absolute atomic E-state index is 13.0. The molecule has 4 aliphatic carbocycles. The molecule has 2 heterocycles. The average Bonchev–Trinajstić information content (AvgIpc) is 3.20. The van der Waals surface area contributed by atoms with E-state index in [9.17, 15) is 14.4 Å². The monoisotopic (exact) mass is 414 g/mol. The van der Waals surface area contributed by atoms with Crippen LogP contribution in [0.3, 0.4) is 0 Å². The molecule has 30 heavy (non-hydrogen) atoms. The molecule has 0 aromatic rings. The van der Waals surface area contributed by atoms with Crippen molar-refractivity contribution in [3.63, 3.8) is 0 Å². The number of esters is 2. The largest absolute Gasteiger partial charge is 0.469 e. The lowest BCUT2D eigenvalue weighted by molar-refractivity contribution is -0.169. The molecule has 6 aliphatic rings. The van der Waals surface area contributed by atoms with Crippen LogP contribution >= 0.6 is 0 Å². The summed E-state index contributed by atoms with van der Waals surface area (Å²) >= 11 is 0. The molecule has 0 N–H and O–H groups in total. The second kappa shape index (κ2) is 5.56. The van der Waals surface area contributed by atoms with E-state index >= 15 is 0 Å². The summed E-state index contributed by atoms with van der Waals surface area (Å²) in [6.07, 6.45) is 7.74. The molecule has 2 spiro atoms. The normalized spacial score (nSPS) is 53.2. The topological polar surface area (TPSA) is 82.2 Å². The number of Topliss-reactive ketones (excluding diaryl/α,β-unsaturated/α-hetero) is 1. The molecule has 0 bridgehead atoms. The van der Waals surface area contributed by atoms with Gasteiger partial charge in [-0.15, -0.1) is 0 Å². The van der Waals surface area contributed by atoms with E-state index in [1.165, 1.54) is 7.11 Å². The van der Waals surface area contributed by atoms with Crippen molar-refractivity contribution >= 4 is 17.7 Å². The lowest BCUT2D eigenvalue weighted by atomic mass is 9.44. The summed E-state index contributed by atoms with van der Waals surface area (Å²) in [5, 5.41) is 0. The first-order chi connectivity index (χ1) is 14.2. The highest BCUT2D eigenvalue weighted by molar-refractivity contribution is 5.84. The zero-order chi connectivity index (χ0) is 21.1. The van der Waals surface area contributed by atoms with Gasteiger partial charge in [-0.3, -0.25) is 14.4 Å². The summed E-state index contributed by atoms with van der Waals surface area (Å²) < 4.78 is 17.9. The van der Waals surface area contributed by atoms with Crippen LogP contribution in [0.1, 0.15) is 65.2 Å². The summed E-state index contributed by atoms with van der Waals surface area (Å²) in [6.45, 7) is 4.50. The molecular formula is C24H30O6. The number of rotatable bonds is 1. The Kier molecular flexibility index (Phi) is 3.53. The van der Waals surface area contributed by atoms with Crippen LogP contribution in [0.5, 0.6) is 0 Å². The molecule has 6 rings (SSSR count). The molecule has 0 aromatic heterocycles. The number of methoxy groups -OCH3 is 1.